The fraction of sp³-hybridized carbons (Fsp3) is 0.548. The maximum absolute atomic E-state index is 12.8. The van der Waals surface area contributed by atoms with E-state index < -0.39 is 11.6 Å². The third kappa shape index (κ3) is 13.7. The van der Waals surface area contributed by atoms with Crippen LogP contribution in [0.5, 0.6) is 11.5 Å². The summed E-state index contributed by atoms with van der Waals surface area (Å²) < 4.78 is 10.2. The highest BCUT2D eigenvalue weighted by atomic mass is 16.6. The highest BCUT2D eigenvalue weighted by molar-refractivity contribution is 5.77. The van der Waals surface area contributed by atoms with Gasteiger partial charge in [0.1, 0.15) is 28.7 Å². The predicted octanol–water partition coefficient (Wildman–Crippen LogP) is 2.75. The average Bonchev–Trinajstić information content (AvgIpc) is 2.90. The summed E-state index contributed by atoms with van der Waals surface area (Å²) in [5.74, 6) is -0.989. The van der Waals surface area contributed by atoms with Gasteiger partial charge in [0.05, 0.1) is 38.0 Å². The van der Waals surface area contributed by atoms with Gasteiger partial charge in [-0.3, -0.25) is 34.2 Å². The first-order valence-corrected chi connectivity index (χ1v) is 14.2. The van der Waals surface area contributed by atoms with Crippen molar-refractivity contribution >= 4 is 23.5 Å². The molecule has 2 aromatic rings. The lowest BCUT2D eigenvalue weighted by Gasteiger charge is -2.28. The Kier molecular flexibility index (Phi) is 13.7. The Morgan fingerprint density at radius 3 is 1.67 bits per heavy atom. The number of hydrogen-bond acceptors (Lipinski definition) is 12. The number of aryl methyl sites for hydroxylation is 2. The Bertz CT molecular complexity index is 1270. The van der Waals surface area contributed by atoms with Gasteiger partial charge in [-0.15, -0.1) is 0 Å². The molecule has 2 rings (SSSR count). The van der Waals surface area contributed by atoms with Crippen LogP contribution in [-0.4, -0.2) is 92.4 Å². The molecule has 0 aliphatic heterocycles. The number of carbonyl (C=O) groups is 4. The summed E-state index contributed by atoms with van der Waals surface area (Å²) >= 11 is 0. The van der Waals surface area contributed by atoms with Gasteiger partial charge in [-0.2, -0.15) is 0 Å². The molecule has 0 aromatic carbocycles. The Hall–Kier alpha value is -3.90. The molecule has 0 aliphatic rings. The van der Waals surface area contributed by atoms with Crippen molar-refractivity contribution in [3.05, 3.63) is 47.0 Å². The van der Waals surface area contributed by atoms with Gasteiger partial charge in [0.15, 0.2) is 0 Å². The maximum atomic E-state index is 12.8. The zero-order valence-corrected chi connectivity index (χ0v) is 26.0. The molecule has 0 bridgehead atoms. The number of ether oxygens (including phenoxy) is 2. The van der Waals surface area contributed by atoms with Crippen molar-refractivity contribution in [3.63, 3.8) is 0 Å². The van der Waals surface area contributed by atoms with Crippen molar-refractivity contribution in [2.45, 2.75) is 79.0 Å². The van der Waals surface area contributed by atoms with Gasteiger partial charge < -0.3 is 24.5 Å². The Morgan fingerprint density at radius 1 is 0.744 bits per heavy atom. The van der Waals surface area contributed by atoms with E-state index >= 15 is 0 Å². The Morgan fingerprint density at radius 2 is 1.23 bits per heavy atom. The first-order valence-electron chi connectivity index (χ1n) is 14.2. The zero-order chi connectivity index (χ0) is 32.2. The van der Waals surface area contributed by atoms with E-state index in [1.807, 2.05) is 0 Å². The fourth-order valence-electron chi connectivity index (χ4n) is 4.23. The topological polar surface area (TPSA) is 159 Å². The zero-order valence-electron chi connectivity index (χ0n) is 26.0. The third-order valence-electron chi connectivity index (χ3n) is 6.26. The molecule has 0 fully saturated rings. The maximum Gasteiger partial charge on any atom is 0.320 e. The first kappa shape index (κ1) is 35.3. The third-order valence-corrected chi connectivity index (χ3v) is 6.26. The van der Waals surface area contributed by atoms with E-state index in [-0.39, 0.29) is 68.2 Å². The standard InChI is InChI=1S/C31H44N4O8/c1-21(36)7-8-23-9-12-28(39)26(32-23)19-35(20-30(41)43-31(3,4)5)16-15-34(17-22(2)37)18-25-27(38)13-10-24(33-25)11-14-29(40)42-6/h9-10,12-13,38-39H,7-8,11,14-20H2,1-6H3. The number of carbonyl (C=O) groups excluding carboxylic acids is 4. The lowest BCUT2D eigenvalue weighted by atomic mass is 10.1. The van der Waals surface area contributed by atoms with Gasteiger partial charge in [0, 0.05) is 50.4 Å². The second-order valence-electron chi connectivity index (χ2n) is 11.5. The Labute approximate surface area is 253 Å². The lowest BCUT2D eigenvalue weighted by Crippen LogP contribution is -2.40. The number of nitrogens with zero attached hydrogens (tertiary/aromatic N) is 4. The van der Waals surface area contributed by atoms with Crippen molar-refractivity contribution in [1.82, 2.24) is 19.8 Å². The number of ketones is 2. The molecule has 0 atom stereocenters. The highest BCUT2D eigenvalue weighted by Crippen LogP contribution is 2.20. The second kappa shape index (κ2) is 16.7. The van der Waals surface area contributed by atoms with E-state index in [1.54, 1.807) is 42.7 Å². The van der Waals surface area contributed by atoms with Crippen LogP contribution in [0.25, 0.3) is 0 Å². The smallest absolute Gasteiger partial charge is 0.320 e. The normalized spacial score (nSPS) is 11.5. The summed E-state index contributed by atoms with van der Waals surface area (Å²) in [6, 6.07) is 6.31. The lowest BCUT2D eigenvalue weighted by molar-refractivity contribution is -0.156. The molecule has 0 saturated carbocycles. The molecule has 0 unspecified atom stereocenters. The van der Waals surface area contributed by atoms with Crippen LogP contribution >= 0.6 is 0 Å². The van der Waals surface area contributed by atoms with E-state index in [1.165, 1.54) is 33.1 Å². The van der Waals surface area contributed by atoms with E-state index in [0.717, 1.165) is 0 Å². The van der Waals surface area contributed by atoms with E-state index in [4.69, 9.17) is 4.74 Å². The van der Waals surface area contributed by atoms with E-state index in [0.29, 0.717) is 48.6 Å². The minimum atomic E-state index is -0.696. The average molecular weight is 601 g/mol. The van der Waals surface area contributed by atoms with Gasteiger partial charge in [0.25, 0.3) is 0 Å². The number of hydrogen-bond donors (Lipinski definition) is 2. The quantitative estimate of drug-likeness (QED) is 0.256. The number of Topliss-reactive ketones (excluding diaryl/α,β-unsaturated/α-hetero) is 2. The van der Waals surface area contributed by atoms with Gasteiger partial charge >= 0.3 is 11.9 Å². The molecule has 2 heterocycles. The summed E-state index contributed by atoms with van der Waals surface area (Å²) in [5, 5.41) is 21.0. The van der Waals surface area contributed by atoms with Crippen LogP contribution in [0.2, 0.25) is 0 Å². The Balaban J connectivity index is 2.26. The number of esters is 2. The molecule has 12 heteroatoms. The molecular formula is C31H44N4O8. The first-order chi connectivity index (χ1) is 20.1. The SMILES string of the molecule is COC(=O)CCc1ccc(O)c(CN(CCN(CC(=O)OC(C)(C)C)Cc2nc(CCC(C)=O)ccc2O)CC(C)=O)n1. The summed E-state index contributed by atoms with van der Waals surface area (Å²) in [5.41, 5.74) is 1.24. The highest BCUT2D eigenvalue weighted by Gasteiger charge is 2.22. The molecule has 0 amide bonds. The minimum absolute atomic E-state index is 0.0306. The van der Waals surface area contributed by atoms with Crippen molar-refractivity contribution < 1.29 is 38.9 Å². The molecule has 0 spiro atoms. The molecular weight excluding hydrogens is 556 g/mol. The molecule has 2 N–H and O–H groups in total. The molecule has 2 aromatic heterocycles. The summed E-state index contributed by atoms with van der Waals surface area (Å²) in [6.07, 6.45) is 1.22. The predicted molar refractivity (Wildman–Crippen MR) is 158 cm³/mol. The molecule has 12 nitrogen and oxygen atoms in total. The van der Waals surface area contributed by atoms with Crippen LogP contribution in [-0.2, 0) is 54.6 Å². The fourth-order valence-corrected chi connectivity index (χ4v) is 4.23. The largest absolute Gasteiger partial charge is 0.506 e. The molecule has 0 radical (unpaired) electrons. The number of aromatic nitrogens is 2. The van der Waals surface area contributed by atoms with Crippen LogP contribution in [0.15, 0.2) is 24.3 Å². The van der Waals surface area contributed by atoms with Gasteiger partial charge in [-0.1, -0.05) is 0 Å². The summed E-state index contributed by atoms with van der Waals surface area (Å²) in [7, 11) is 1.31. The summed E-state index contributed by atoms with van der Waals surface area (Å²) in [4.78, 5) is 60.5. The molecule has 236 valence electrons. The van der Waals surface area contributed by atoms with Gasteiger partial charge in [0.2, 0.25) is 0 Å². The van der Waals surface area contributed by atoms with Crippen molar-refractivity contribution in [2.75, 3.05) is 33.3 Å². The van der Waals surface area contributed by atoms with Gasteiger partial charge in [-0.25, -0.2) is 0 Å². The molecule has 0 aliphatic carbocycles. The van der Waals surface area contributed by atoms with Crippen LogP contribution in [0.1, 0.15) is 70.2 Å². The van der Waals surface area contributed by atoms with Crippen molar-refractivity contribution in [2.24, 2.45) is 0 Å². The number of aromatic hydroxyl groups is 2. The number of methoxy groups -OCH3 is 1. The van der Waals surface area contributed by atoms with Crippen LogP contribution in [0, 0.1) is 0 Å². The number of pyridine rings is 2. The van der Waals surface area contributed by atoms with Gasteiger partial charge in [-0.05, 0) is 65.3 Å². The van der Waals surface area contributed by atoms with Crippen molar-refractivity contribution in [3.8, 4) is 11.5 Å². The number of rotatable bonds is 17. The molecule has 43 heavy (non-hydrogen) atoms. The van der Waals surface area contributed by atoms with E-state index in [2.05, 4.69) is 14.7 Å². The van der Waals surface area contributed by atoms with Crippen LogP contribution in [0.4, 0.5) is 0 Å². The van der Waals surface area contributed by atoms with Crippen LogP contribution in [0.3, 0.4) is 0 Å². The van der Waals surface area contributed by atoms with E-state index in [9.17, 15) is 29.4 Å². The summed E-state index contributed by atoms with van der Waals surface area (Å²) in [6.45, 7) is 9.09. The second-order valence-corrected chi connectivity index (χ2v) is 11.5. The van der Waals surface area contributed by atoms with Crippen molar-refractivity contribution in [1.29, 1.82) is 0 Å². The van der Waals surface area contributed by atoms with Crippen LogP contribution < -0.4 is 0 Å². The molecule has 0 saturated heterocycles. The monoisotopic (exact) mass is 600 g/mol. The minimum Gasteiger partial charge on any atom is -0.506 e.